The van der Waals surface area contributed by atoms with E-state index in [9.17, 15) is 9.50 Å². The maximum atomic E-state index is 14.2. The van der Waals surface area contributed by atoms with Crippen LogP contribution >= 0.6 is 0 Å². The van der Waals surface area contributed by atoms with Crippen LogP contribution in [0.1, 0.15) is 0 Å². The summed E-state index contributed by atoms with van der Waals surface area (Å²) in [5.41, 5.74) is 0.356. The second-order valence-electron chi connectivity index (χ2n) is 5.94. The van der Waals surface area contributed by atoms with E-state index in [0.717, 1.165) is 6.54 Å². The van der Waals surface area contributed by atoms with E-state index in [2.05, 4.69) is 14.9 Å². The van der Waals surface area contributed by atoms with Gasteiger partial charge in [0.05, 0.1) is 30.7 Å². The van der Waals surface area contributed by atoms with Gasteiger partial charge < -0.3 is 14.7 Å². The van der Waals surface area contributed by atoms with Gasteiger partial charge in [-0.2, -0.15) is 0 Å². The number of ether oxygens (including phenoxy) is 1. The molecule has 2 fully saturated rings. The Morgan fingerprint density at radius 1 is 1.43 bits per heavy atom. The van der Waals surface area contributed by atoms with Crippen LogP contribution < -0.4 is 4.90 Å². The number of fused-ring (bicyclic) bond motifs is 2. The number of benzene rings is 1. The number of rotatable bonds is 2. The maximum Gasteiger partial charge on any atom is 0.142 e. The fourth-order valence-electron chi connectivity index (χ4n) is 3.51. The molecule has 0 bridgehead atoms. The highest BCUT2D eigenvalue weighted by molar-refractivity contribution is 5.90. The fourth-order valence-corrected chi connectivity index (χ4v) is 3.51. The van der Waals surface area contributed by atoms with Gasteiger partial charge in [-0.05, 0) is 12.1 Å². The van der Waals surface area contributed by atoms with Crippen LogP contribution in [0.5, 0.6) is 0 Å². The van der Waals surface area contributed by atoms with Gasteiger partial charge in [-0.15, -0.1) is 0 Å². The van der Waals surface area contributed by atoms with Crippen LogP contribution in [0.4, 0.5) is 10.2 Å². The molecule has 0 spiro atoms. The van der Waals surface area contributed by atoms with Crippen molar-refractivity contribution in [3.63, 3.8) is 0 Å². The summed E-state index contributed by atoms with van der Waals surface area (Å²) in [5.74, 6) is 0.564. The number of halogens is 1. The van der Waals surface area contributed by atoms with Crippen LogP contribution in [0.3, 0.4) is 0 Å². The molecule has 4 rings (SSSR count). The van der Waals surface area contributed by atoms with Gasteiger partial charge in [-0.3, -0.25) is 0 Å². The van der Waals surface area contributed by atoms with E-state index in [1.54, 1.807) is 12.1 Å². The lowest BCUT2D eigenvalue weighted by Gasteiger charge is -2.25. The molecule has 2 aromatic rings. The number of hydrogen-bond donors (Lipinski definition) is 1. The maximum absolute atomic E-state index is 14.2. The zero-order valence-electron chi connectivity index (χ0n) is 11.5. The van der Waals surface area contributed by atoms with Crippen LogP contribution in [0.15, 0.2) is 24.5 Å². The Bertz CT molecular complexity index is 690. The second kappa shape index (κ2) is 4.61. The lowest BCUT2D eigenvalue weighted by atomic mass is 9.82. The van der Waals surface area contributed by atoms with Crippen molar-refractivity contribution in [2.75, 3.05) is 37.8 Å². The average Bonchev–Trinajstić information content (AvgIpc) is 3.04. The topological polar surface area (TPSA) is 58.5 Å². The molecule has 0 aliphatic carbocycles. The number of anilines is 1. The molecule has 0 saturated carbocycles. The highest BCUT2D eigenvalue weighted by Crippen LogP contribution is 2.43. The SMILES string of the molecule is OC[C@@]12COC[C@@H]1CN(c1ncnc3cccc(F)c13)C2. The van der Waals surface area contributed by atoms with Crippen molar-refractivity contribution in [2.24, 2.45) is 11.3 Å². The average molecular weight is 289 g/mol. The molecule has 6 heteroatoms. The Kier molecular flexibility index (Phi) is 2.83. The number of hydrogen-bond acceptors (Lipinski definition) is 5. The minimum Gasteiger partial charge on any atom is -0.396 e. The highest BCUT2D eigenvalue weighted by Gasteiger charge is 2.50. The Labute approximate surface area is 121 Å². The van der Waals surface area contributed by atoms with E-state index in [1.165, 1.54) is 12.4 Å². The third kappa shape index (κ3) is 1.82. The molecule has 5 nitrogen and oxygen atoms in total. The quantitative estimate of drug-likeness (QED) is 0.900. The smallest absolute Gasteiger partial charge is 0.142 e. The summed E-state index contributed by atoms with van der Waals surface area (Å²) >= 11 is 0. The Morgan fingerprint density at radius 3 is 3.14 bits per heavy atom. The standard InChI is InChI=1S/C15H16FN3O2/c16-11-2-1-3-12-13(11)14(18-9-17-12)19-4-10-5-21-8-15(10,6-19)7-20/h1-3,9-10,20H,4-8H2/t10-,15-/m0/s1. The van der Waals surface area contributed by atoms with E-state index < -0.39 is 0 Å². The Morgan fingerprint density at radius 2 is 2.33 bits per heavy atom. The van der Waals surface area contributed by atoms with Gasteiger partial charge in [0.25, 0.3) is 0 Å². The van der Waals surface area contributed by atoms with Gasteiger partial charge in [0, 0.05) is 24.4 Å². The van der Waals surface area contributed by atoms with Crippen molar-refractivity contribution in [1.82, 2.24) is 9.97 Å². The molecule has 1 aromatic heterocycles. The molecule has 1 N–H and O–H groups in total. The Hall–Kier alpha value is -1.79. The minimum absolute atomic E-state index is 0.0830. The Balaban J connectivity index is 1.79. The molecule has 2 atom stereocenters. The number of aromatic nitrogens is 2. The van der Waals surface area contributed by atoms with E-state index in [4.69, 9.17) is 4.74 Å². The molecule has 0 radical (unpaired) electrons. The normalized spacial score (nSPS) is 28.3. The molecule has 21 heavy (non-hydrogen) atoms. The van der Waals surface area contributed by atoms with Crippen molar-refractivity contribution in [2.45, 2.75) is 0 Å². The van der Waals surface area contributed by atoms with Gasteiger partial charge in [0.15, 0.2) is 0 Å². The highest BCUT2D eigenvalue weighted by atomic mass is 19.1. The lowest BCUT2D eigenvalue weighted by Crippen LogP contribution is -2.34. The number of nitrogens with zero attached hydrogens (tertiary/aromatic N) is 3. The molecule has 1 aromatic carbocycles. The molecule has 2 saturated heterocycles. The monoisotopic (exact) mass is 289 g/mol. The predicted octanol–water partition coefficient (Wildman–Crippen LogP) is 1.21. The van der Waals surface area contributed by atoms with Crippen LogP contribution in [0.2, 0.25) is 0 Å². The first kappa shape index (κ1) is 12.9. The van der Waals surface area contributed by atoms with Crippen LogP contribution in [0.25, 0.3) is 10.9 Å². The summed E-state index contributed by atoms with van der Waals surface area (Å²) in [7, 11) is 0. The molecule has 110 valence electrons. The molecular weight excluding hydrogens is 273 g/mol. The summed E-state index contributed by atoms with van der Waals surface area (Å²) in [6, 6.07) is 4.86. The minimum atomic E-state index is -0.311. The largest absolute Gasteiger partial charge is 0.396 e. The van der Waals surface area contributed by atoms with E-state index >= 15 is 0 Å². The van der Waals surface area contributed by atoms with Crippen LogP contribution in [-0.2, 0) is 4.74 Å². The predicted molar refractivity (Wildman–Crippen MR) is 75.5 cm³/mol. The zero-order chi connectivity index (χ0) is 14.4. The van der Waals surface area contributed by atoms with Crippen LogP contribution in [-0.4, -0.2) is 48.0 Å². The van der Waals surface area contributed by atoms with Crippen molar-refractivity contribution < 1.29 is 14.2 Å². The van der Waals surface area contributed by atoms with Crippen LogP contribution in [0, 0.1) is 17.2 Å². The van der Waals surface area contributed by atoms with Gasteiger partial charge in [0.2, 0.25) is 0 Å². The number of aliphatic hydroxyl groups excluding tert-OH is 1. The third-order valence-electron chi connectivity index (χ3n) is 4.73. The summed E-state index contributed by atoms with van der Waals surface area (Å²) < 4.78 is 19.7. The molecule has 3 heterocycles. The first-order valence-corrected chi connectivity index (χ1v) is 7.06. The van der Waals surface area contributed by atoms with Crippen molar-refractivity contribution >= 4 is 16.7 Å². The van der Waals surface area contributed by atoms with Gasteiger partial charge in [-0.1, -0.05) is 6.07 Å². The molecule has 2 aliphatic heterocycles. The first-order chi connectivity index (χ1) is 10.2. The molecule has 2 aliphatic rings. The van der Waals surface area contributed by atoms with Gasteiger partial charge in [0.1, 0.15) is 18.0 Å². The lowest BCUT2D eigenvalue weighted by molar-refractivity contribution is 0.0989. The molecule has 0 amide bonds. The van der Waals surface area contributed by atoms with E-state index in [1.807, 2.05) is 0 Å². The number of aliphatic hydroxyl groups is 1. The zero-order valence-corrected chi connectivity index (χ0v) is 11.5. The van der Waals surface area contributed by atoms with Crippen molar-refractivity contribution in [3.05, 3.63) is 30.3 Å². The van der Waals surface area contributed by atoms with Gasteiger partial charge in [-0.25, -0.2) is 14.4 Å². The fraction of sp³-hybridized carbons (Fsp3) is 0.467. The first-order valence-electron chi connectivity index (χ1n) is 7.06. The molecular formula is C15H16FN3O2. The summed E-state index contributed by atoms with van der Waals surface area (Å²) in [6.45, 7) is 2.63. The van der Waals surface area contributed by atoms with Gasteiger partial charge >= 0.3 is 0 Å². The second-order valence-corrected chi connectivity index (χ2v) is 5.94. The summed E-state index contributed by atoms with van der Waals surface area (Å²) in [5, 5.41) is 10.2. The van der Waals surface area contributed by atoms with E-state index in [0.29, 0.717) is 36.5 Å². The van der Waals surface area contributed by atoms with Crippen molar-refractivity contribution in [1.29, 1.82) is 0 Å². The summed E-state index contributed by atoms with van der Waals surface area (Å²) in [6.07, 6.45) is 1.47. The molecule has 0 unspecified atom stereocenters. The van der Waals surface area contributed by atoms with E-state index in [-0.39, 0.29) is 23.8 Å². The third-order valence-corrected chi connectivity index (χ3v) is 4.73. The van der Waals surface area contributed by atoms with Crippen molar-refractivity contribution in [3.8, 4) is 0 Å². The summed E-state index contributed by atoms with van der Waals surface area (Å²) in [4.78, 5) is 10.5.